The van der Waals surface area contributed by atoms with Gasteiger partial charge in [-0.15, -0.1) is 0 Å². The zero-order valence-electron chi connectivity index (χ0n) is 6.52. The van der Waals surface area contributed by atoms with E-state index in [0.717, 1.165) is 26.1 Å². The Kier molecular flexibility index (Phi) is 3.72. The number of ether oxygens (including phenoxy) is 1. The van der Waals surface area contributed by atoms with Crippen molar-refractivity contribution in [3.63, 3.8) is 0 Å². The topological polar surface area (TPSA) is 33.3 Å². The molecule has 1 rings (SSSR count). The summed E-state index contributed by atoms with van der Waals surface area (Å²) in [5, 5.41) is 6.36. The van der Waals surface area contributed by atoms with E-state index in [1.54, 1.807) is 0 Å². The van der Waals surface area contributed by atoms with Gasteiger partial charge >= 0.3 is 0 Å². The molecule has 0 aliphatic carbocycles. The standard InChI is InChI=1S/C7H16N2O/c1-2-3-6-10-7-8-4-5-9-7/h7-9H,2-6H2,1H3. The van der Waals surface area contributed by atoms with Crippen LogP contribution in [0.1, 0.15) is 19.8 Å². The molecule has 2 N–H and O–H groups in total. The summed E-state index contributed by atoms with van der Waals surface area (Å²) in [6, 6.07) is 0. The van der Waals surface area contributed by atoms with E-state index in [1.165, 1.54) is 6.42 Å². The Bertz CT molecular complexity index is 81.7. The molecular weight excluding hydrogens is 128 g/mol. The monoisotopic (exact) mass is 144 g/mol. The van der Waals surface area contributed by atoms with E-state index in [4.69, 9.17) is 4.74 Å². The largest absolute Gasteiger partial charge is 0.350 e. The van der Waals surface area contributed by atoms with Gasteiger partial charge in [0.25, 0.3) is 0 Å². The van der Waals surface area contributed by atoms with E-state index in [9.17, 15) is 0 Å². The number of unbranched alkanes of at least 4 members (excludes halogenated alkanes) is 1. The molecule has 1 aliphatic heterocycles. The SMILES string of the molecule is CCCCOC1NCCN1. The van der Waals surface area contributed by atoms with Gasteiger partial charge in [0, 0.05) is 13.1 Å². The molecule has 1 saturated heterocycles. The van der Waals surface area contributed by atoms with Crippen LogP contribution in [-0.4, -0.2) is 26.0 Å². The van der Waals surface area contributed by atoms with Gasteiger partial charge in [-0.3, -0.25) is 10.6 Å². The Labute approximate surface area is 62.1 Å². The zero-order chi connectivity index (χ0) is 7.23. The number of hydrogen-bond donors (Lipinski definition) is 2. The molecule has 0 saturated carbocycles. The van der Waals surface area contributed by atoms with E-state index >= 15 is 0 Å². The zero-order valence-corrected chi connectivity index (χ0v) is 6.52. The number of rotatable bonds is 4. The van der Waals surface area contributed by atoms with E-state index < -0.39 is 0 Å². The van der Waals surface area contributed by atoms with Crippen molar-refractivity contribution >= 4 is 0 Å². The first-order valence-electron chi connectivity index (χ1n) is 4.02. The van der Waals surface area contributed by atoms with Crippen molar-refractivity contribution in [1.29, 1.82) is 0 Å². The van der Waals surface area contributed by atoms with Crippen molar-refractivity contribution in [2.75, 3.05) is 19.7 Å². The van der Waals surface area contributed by atoms with Gasteiger partial charge in [-0.25, -0.2) is 0 Å². The predicted octanol–water partition coefficient (Wildman–Crippen LogP) is 0.279. The molecule has 0 unspecified atom stereocenters. The maximum absolute atomic E-state index is 5.42. The fraction of sp³-hybridized carbons (Fsp3) is 1.00. The van der Waals surface area contributed by atoms with Crippen molar-refractivity contribution in [3.05, 3.63) is 0 Å². The highest BCUT2D eigenvalue weighted by molar-refractivity contribution is 4.63. The van der Waals surface area contributed by atoms with E-state index in [1.807, 2.05) is 0 Å². The summed E-state index contributed by atoms with van der Waals surface area (Å²) < 4.78 is 5.42. The van der Waals surface area contributed by atoms with Crippen LogP contribution in [0.4, 0.5) is 0 Å². The van der Waals surface area contributed by atoms with Crippen LogP contribution < -0.4 is 10.6 Å². The fourth-order valence-corrected chi connectivity index (χ4v) is 0.942. The molecule has 10 heavy (non-hydrogen) atoms. The lowest BCUT2D eigenvalue weighted by Gasteiger charge is -2.10. The maximum Gasteiger partial charge on any atom is 0.163 e. The van der Waals surface area contributed by atoms with E-state index in [0.29, 0.717) is 0 Å². The lowest BCUT2D eigenvalue weighted by atomic mass is 10.4. The highest BCUT2D eigenvalue weighted by Gasteiger charge is 2.11. The van der Waals surface area contributed by atoms with Crippen LogP contribution in [0.15, 0.2) is 0 Å². The third-order valence-corrected chi connectivity index (χ3v) is 1.57. The Balaban J connectivity index is 1.91. The average Bonchev–Trinajstić information content (AvgIpc) is 2.41. The first-order valence-corrected chi connectivity index (χ1v) is 4.02. The lowest BCUT2D eigenvalue weighted by Crippen LogP contribution is -2.34. The second kappa shape index (κ2) is 4.66. The molecule has 0 radical (unpaired) electrons. The van der Waals surface area contributed by atoms with E-state index in [2.05, 4.69) is 17.6 Å². The second-order valence-electron chi connectivity index (χ2n) is 2.51. The smallest absolute Gasteiger partial charge is 0.163 e. The molecule has 60 valence electrons. The second-order valence-corrected chi connectivity index (χ2v) is 2.51. The summed E-state index contributed by atoms with van der Waals surface area (Å²) in [6.45, 7) is 5.08. The summed E-state index contributed by atoms with van der Waals surface area (Å²) in [5.74, 6) is 0. The van der Waals surface area contributed by atoms with Crippen molar-refractivity contribution in [2.24, 2.45) is 0 Å². The van der Waals surface area contributed by atoms with Crippen molar-refractivity contribution in [2.45, 2.75) is 26.1 Å². The highest BCUT2D eigenvalue weighted by Crippen LogP contribution is 1.92. The number of hydrogen-bond acceptors (Lipinski definition) is 3. The van der Waals surface area contributed by atoms with Crippen molar-refractivity contribution < 1.29 is 4.74 Å². The van der Waals surface area contributed by atoms with Gasteiger partial charge in [0.2, 0.25) is 0 Å². The molecule has 0 spiro atoms. The molecule has 0 aromatic heterocycles. The first-order chi connectivity index (χ1) is 4.93. The Hall–Kier alpha value is -0.120. The molecule has 0 amide bonds. The summed E-state index contributed by atoms with van der Waals surface area (Å²) in [6.07, 6.45) is 2.47. The Morgan fingerprint density at radius 2 is 2.10 bits per heavy atom. The number of nitrogens with one attached hydrogen (secondary N) is 2. The molecule has 0 bridgehead atoms. The molecule has 1 fully saturated rings. The van der Waals surface area contributed by atoms with E-state index in [-0.39, 0.29) is 6.35 Å². The van der Waals surface area contributed by atoms with Gasteiger partial charge in [-0.2, -0.15) is 0 Å². The van der Waals surface area contributed by atoms with Crippen LogP contribution >= 0.6 is 0 Å². The minimum Gasteiger partial charge on any atom is -0.350 e. The molecule has 1 aliphatic rings. The van der Waals surface area contributed by atoms with Crippen LogP contribution in [0.5, 0.6) is 0 Å². The summed E-state index contributed by atoms with van der Waals surface area (Å²) in [7, 11) is 0. The maximum atomic E-state index is 5.42. The normalized spacial score (nSPS) is 20.1. The third-order valence-electron chi connectivity index (χ3n) is 1.57. The minimum absolute atomic E-state index is 0.117. The lowest BCUT2D eigenvalue weighted by molar-refractivity contribution is 0.0270. The quantitative estimate of drug-likeness (QED) is 0.556. The molecule has 3 nitrogen and oxygen atoms in total. The highest BCUT2D eigenvalue weighted by atomic mass is 16.5. The summed E-state index contributed by atoms with van der Waals surface area (Å²) in [5.41, 5.74) is 0. The van der Waals surface area contributed by atoms with Gasteiger partial charge in [-0.05, 0) is 6.42 Å². The third kappa shape index (κ3) is 2.64. The molecule has 3 heteroatoms. The van der Waals surface area contributed by atoms with Gasteiger partial charge in [0.15, 0.2) is 6.35 Å². The summed E-state index contributed by atoms with van der Waals surface area (Å²) >= 11 is 0. The average molecular weight is 144 g/mol. The van der Waals surface area contributed by atoms with Crippen molar-refractivity contribution in [1.82, 2.24) is 10.6 Å². The van der Waals surface area contributed by atoms with Gasteiger partial charge in [0.1, 0.15) is 0 Å². The van der Waals surface area contributed by atoms with Crippen LogP contribution in [0, 0.1) is 0 Å². The van der Waals surface area contributed by atoms with Crippen LogP contribution in [0.3, 0.4) is 0 Å². The predicted molar refractivity (Wildman–Crippen MR) is 40.7 cm³/mol. The first kappa shape index (κ1) is 7.98. The van der Waals surface area contributed by atoms with Gasteiger partial charge in [0.05, 0.1) is 6.61 Å². The van der Waals surface area contributed by atoms with Crippen LogP contribution in [0.2, 0.25) is 0 Å². The van der Waals surface area contributed by atoms with Crippen molar-refractivity contribution in [3.8, 4) is 0 Å². The molecule has 0 atom stereocenters. The van der Waals surface area contributed by atoms with Gasteiger partial charge in [-0.1, -0.05) is 13.3 Å². The minimum atomic E-state index is 0.117. The molecular formula is C7H16N2O. The van der Waals surface area contributed by atoms with Crippen LogP contribution in [0.25, 0.3) is 0 Å². The van der Waals surface area contributed by atoms with Gasteiger partial charge < -0.3 is 4.74 Å². The molecule has 0 aromatic rings. The molecule has 0 aromatic carbocycles. The Morgan fingerprint density at radius 1 is 1.40 bits per heavy atom. The summed E-state index contributed by atoms with van der Waals surface area (Å²) in [4.78, 5) is 0. The Morgan fingerprint density at radius 3 is 2.70 bits per heavy atom. The molecule has 1 heterocycles. The van der Waals surface area contributed by atoms with Crippen LogP contribution in [-0.2, 0) is 4.74 Å². The fourth-order valence-electron chi connectivity index (χ4n) is 0.942.